The molecule has 0 aromatic carbocycles. The highest BCUT2D eigenvalue weighted by molar-refractivity contribution is 5.79. The summed E-state index contributed by atoms with van der Waals surface area (Å²) in [5.74, 6) is 0.240. The van der Waals surface area contributed by atoms with Crippen molar-refractivity contribution in [2.24, 2.45) is 0 Å². The number of pyridine rings is 2. The van der Waals surface area contributed by atoms with Crippen molar-refractivity contribution in [3.63, 3.8) is 0 Å². The van der Waals surface area contributed by atoms with Gasteiger partial charge in [-0.25, -0.2) is 0 Å². The number of hydrogen-bond acceptors (Lipinski definition) is 2. The first-order chi connectivity index (χ1) is 6.31. The van der Waals surface area contributed by atoms with Gasteiger partial charge in [0, 0.05) is 17.6 Å². The molecule has 0 aliphatic heterocycles. The number of fused-ring (bicyclic) bond motifs is 1. The van der Waals surface area contributed by atoms with Crippen LogP contribution in [0.5, 0.6) is 0 Å². The monoisotopic (exact) mass is 171 g/mol. The number of hydrogen-bond donors (Lipinski definition) is 1. The SMILES string of the molecule is [C-]#[N+]c1cc2c(=O)cc[nH]c2cn1. The number of aromatic nitrogens is 2. The van der Waals surface area contributed by atoms with E-state index in [0.717, 1.165) is 0 Å². The summed E-state index contributed by atoms with van der Waals surface area (Å²) < 4.78 is 0. The van der Waals surface area contributed by atoms with Gasteiger partial charge in [0.15, 0.2) is 5.43 Å². The highest BCUT2D eigenvalue weighted by atomic mass is 16.1. The fourth-order valence-electron chi connectivity index (χ4n) is 1.12. The fourth-order valence-corrected chi connectivity index (χ4v) is 1.12. The van der Waals surface area contributed by atoms with E-state index in [1.165, 1.54) is 18.3 Å². The first-order valence-corrected chi connectivity index (χ1v) is 3.66. The molecule has 0 amide bonds. The van der Waals surface area contributed by atoms with Crippen molar-refractivity contribution in [1.29, 1.82) is 0 Å². The van der Waals surface area contributed by atoms with Crippen molar-refractivity contribution >= 4 is 16.7 Å². The van der Waals surface area contributed by atoms with Crippen molar-refractivity contribution in [3.8, 4) is 0 Å². The second kappa shape index (κ2) is 2.72. The molecule has 4 nitrogen and oxygen atoms in total. The van der Waals surface area contributed by atoms with E-state index in [-0.39, 0.29) is 11.2 Å². The molecule has 1 N–H and O–H groups in total. The third-order valence-corrected chi connectivity index (χ3v) is 1.74. The molecular formula is C9H5N3O. The molecule has 0 saturated carbocycles. The van der Waals surface area contributed by atoms with Gasteiger partial charge in [-0.3, -0.25) is 4.79 Å². The first kappa shape index (κ1) is 7.50. The van der Waals surface area contributed by atoms with Crippen LogP contribution >= 0.6 is 0 Å². The van der Waals surface area contributed by atoms with Crippen LogP contribution in [0, 0.1) is 6.57 Å². The lowest BCUT2D eigenvalue weighted by Gasteiger charge is -1.93. The van der Waals surface area contributed by atoms with Gasteiger partial charge in [0.2, 0.25) is 0 Å². The van der Waals surface area contributed by atoms with Crippen molar-refractivity contribution in [1.82, 2.24) is 9.97 Å². The minimum absolute atomic E-state index is 0.0962. The molecule has 0 spiro atoms. The van der Waals surface area contributed by atoms with Crippen molar-refractivity contribution in [2.45, 2.75) is 0 Å². The van der Waals surface area contributed by atoms with Crippen molar-refractivity contribution < 1.29 is 0 Å². The van der Waals surface area contributed by atoms with Crippen LogP contribution < -0.4 is 5.43 Å². The fraction of sp³-hybridized carbons (Fsp3) is 0. The van der Waals surface area contributed by atoms with Gasteiger partial charge in [0.1, 0.15) is 6.20 Å². The molecule has 0 bridgehead atoms. The Balaban J connectivity index is 2.92. The Kier molecular flexibility index (Phi) is 1.57. The average molecular weight is 171 g/mol. The minimum Gasteiger partial charge on any atom is -0.361 e. The second-order valence-electron chi connectivity index (χ2n) is 2.54. The Bertz CT molecular complexity index is 551. The predicted molar refractivity (Wildman–Crippen MR) is 48.6 cm³/mol. The molecule has 13 heavy (non-hydrogen) atoms. The Morgan fingerprint density at radius 1 is 1.54 bits per heavy atom. The summed E-state index contributed by atoms with van der Waals surface area (Å²) in [7, 11) is 0. The molecule has 4 heteroatoms. The van der Waals surface area contributed by atoms with E-state index >= 15 is 0 Å². The number of nitrogens with one attached hydrogen (secondary N) is 1. The molecular weight excluding hydrogens is 166 g/mol. The smallest absolute Gasteiger partial charge is 0.270 e. The quantitative estimate of drug-likeness (QED) is 0.610. The van der Waals surface area contributed by atoms with Gasteiger partial charge >= 0.3 is 0 Å². The molecule has 0 saturated heterocycles. The van der Waals surface area contributed by atoms with Crippen LogP contribution in [0.2, 0.25) is 0 Å². The van der Waals surface area contributed by atoms with E-state index in [9.17, 15) is 4.79 Å². The topological polar surface area (TPSA) is 50.1 Å². The zero-order valence-corrected chi connectivity index (χ0v) is 6.61. The third-order valence-electron chi connectivity index (χ3n) is 1.74. The summed E-state index contributed by atoms with van der Waals surface area (Å²) in [5, 5.41) is 0.503. The van der Waals surface area contributed by atoms with Gasteiger partial charge in [-0.05, 0) is 6.07 Å². The van der Waals surface area contributed by atoms with E-state index in [0.29, 0.717) is 10.9 Å². The number of aromatic amines is 1. The van der Waals surface area contributed by atoms with Crippen molar-refractivity contribution in [2.75, 3.05) is 0 Å². The summed E-state index contributed by atoms with van der Waals surface area (Å²) in [6, 6.07) is 2.91. The zero-order valence-electron chi connectivity index (χ0n) is 6.61. The summed E-state index contributed by atoms with van der Waals surface area (Å²) in [6.07, 6.45) is 3.05. The van der Waals surface area contributed by atoms with Gasteiger partial charge < -0.3 is 9.83 Å². The summed E-state index contributed by atoms with van der Waals surface area (Å²) in [4.78, 5) is 21.2. The maximum Gasteiger partial charge on any atom is 0.270 e. The molecule has 0 aliphatic rings. The maximum atomic E-state index is 11.3. The second-order valence-corrected chi connectivity index (χ2v) is 2.54. The minimum atomic E-state index is -0.0962. The van der Waals surface area contributed by atoms with Crippen LogP contribution in [-0.2, 0) is 0 Å². The molecule has 0 atom stereocenters. The van der Waals surface area contributed by atoms with Crippen LogP contribution in [0.25, 0.3) is 15.7 Å². The molecule has 2 heterocycles. The van der Waals surface area contributed by atoms with Gasteiger partial charge in [0.25, 0.3) is 5.82 Å². The molecule has 2 rings (SSSR count). The molecule has 62 valence electrons. The van der Waals surface area contributed by atoms with Gasteiger partial charge in [-0.1, -0.05) is 6.57 Å². The van der Waals surface area contributed by atoms with Crippen LogP contribution in [0.1, 0.15) is 0 Å². The number of H-pyrrole nitrogens is 1. The lowest BCUT2D eigenvalue weighted by atomic mass is 10.2. The molecule has 0 aliphatic carbocycles. The normalized spacial score (nSPS) is 9.77. The van der Waals surface area contributed by atoms with Gasteiger partial charge in [-0.2, -0.15) is 0 Å². The maximum absolute atomic E-state index is 11.3. The predicted octanol–water partition coefficient (Wildman–Crippen LogP) is 1.47. The van der Waals surface area contributed by atoms with Crippen LogP contribution in [0.3, 0.4) is 0 Å². The van der Waals surface area contributed by atoms with E-state index in [4.69, 9.17) is 6.57 Å². The zero-order chi connectivity index (χ0) is 9.26. The first-order valence-electron chi connectivity index (χ1n) is 3.66. The lowest BCUT2D eigenvalue weighted by molar-refractivity contribution is 1.32. The Morgan fingerprint density at radius 2 is 2.38 bits per heavy atom. The Morgan fingerprint density at radius 3 is 3.15 bits per heavy atom. The van der Waals surface area contributed by atoms with Gasteiger partial charge in [0.05, 0.1) is 5.52 Å². The molecule has 2 aromatic heterocycles. The largest absolute Gasteiger partial charge is 0.361 e. The molecule has 2 aromatic rings. The molecule has 0 radical (unpaired) electrons. The van der Waals surface area contributed by atoms with Crippen LogP contribution in [0.4, 0.5) is 5.82 Å². The highest BCUT2D eigenvalue weighted by Crippen LogP contribution is 2.12. The highest BCUT2D eigenvalue weighted by Gasteiger charge is 2.00. The Hall–Kier alpha value is -2.15. The van der Waals surface area contributed by atoms with E-state index in [1.807, 2.05) is 0 Å². The van der Waals surface area contributed by atoms with Crippen LogP contribution in [-0.4, -0.2) is 9.97 Å². The lowest BCUT2D eigenvalue weighted by Crippen LogP contribution is -1.99. The summed E-state index contributed by atoms with van der Waals surface area (Å²) in [5.41, 5.74) is 0.556. The van der Waals surface area contributed by atoms with Crippen molar-refractivity contribution in [3.05, 3.63) is 46.2 Å². The Labute approximate surface area is 73.7 Å². The summed E-state index contributed by atoms with van der Waals surface area (Å²) in [6.45, 7) is 6.74. The summed E-state index contributed by atoms with van der Waals surface area (Å²) >= 11 is 0. The molecule has 0 unspecified atom stereocenters. The van der Waals surface area contributed by atoms with Crippen LogP contribution in [0.15, 0.2) is 29.3 Å². The third kappa shape index (κ3) is 1.16. The van der Waals surface area contributed by atoms with E-state index in [2.05, 4.69) is 14.8 Å². The van der Waals surface area contributed by atoms with Gasteiger partial charge in [-0.15, -0.1) is 4.98 Å². The number of rotatable bonds is 0. The average Bonchev–Trinajstić information content (AvgIpc) is 2.18. The number of nitrogens with zero attached hydrogens (tertiary/aromatic N) is 2. The van der Waals surface area contributed by atoms with E-state index < -0.39 is 0 Å². The standard InChI is InChI=1S/C9H5N3O/c1-10-9-4-6-7(5-12-9)11-3-2-8(6)13/h2-5H,(H,11,13). The molecule has 0 fully saturated rings. The van der Waals surface area contributed by atoms with E-state index in [1.54, 1.807) is 6.20 Å².